The van der Waals surface area contributed by atoms with Crippen molar-refractivity contribution in [2.45, 2.75) is 89.3 Å². The molecule has 0 amide bonds. The first-order valence-electron chi connectivity index (χ1n) is 9.99. The summed E-state index contributed by atoms with van der Waals surface area (Å²) >= 11 is 0. The van der Waals surface area contributed by atoms with Gasteiger partial charge in [0.25, 0.3) is 0 Å². The monoisotopic (exact) mass is 363 g/mol. The second kappa shape index (κ2) is 11.1. The molecule has 26 heavy (non-hydrogen) atoms. The highest BCUT2D eigenvalue weighted by molar-refractivity contribution is 5.72. The van der Waals surface area contributed by atoms with Crippen molar-refractivity contribution >= 4 is 5.97 Å². The zero-order chi connectivity index (χ0) is 18.8. The summed E-state index contributed by atoms with van der Waals surface area (Å²) in [7, 11) is 0. The summed E-state index contributed by atoms with van der Waals surface area (Å²) in [6, 6.07) is 7.63. The van der Waals surface area contributed by atoms with Crippen LogP contribution in [0.4, 0.5) is 0 Å². The quantitative estimate of drug-likeness (QED) is 0.718. The van der Waals surface area contributed by atoms with E-state index in [4.69, 9.17) is 14.9 Å². The summed E-state index contributed by atoms with van der Waals surface area (Å²) in [4.78, 5) is 10.4. The van der Waals surface area contributed by atoms with Gasteiger partial charge in [0.05, 0.1) is 0 Å². The van der Waals surface area contributed by atoms with Gasteiger partial charge in [-0.05, 0) is 56.9 Å². The molecule has 0 saturated heterocycles. The Morgan fingerprint density at radius 3 is 1.85 bits per heavy atom. The molecule has 146 valence electrons. The number of aliphatic carboxylic acids is 1. The topological polar surface area (TPSA) is 78.8 Å². The van der Waals surface area contributed by atoms with Gasteiger partial charge in [0.15, 0.2) is 6.10 Å². The van der Waals surface area contributed by atoms with Crippen LogP contribution in [0.2, 0.25) is 0 Å². The maximum atomic E-state index is 10.4. The second-order valence-electron chi connectivity index (χ2n) is 7.43. The number of ether oxygens (including phenoxy) is 1. The SMILES string of the molecule is C1CCC(NC2CCCCC2)CC1.CC(Oc1ccc(O)cc1)C(=O)O. The Balaban J connectivity index is 0.000000187. The lowest BCUT2D eigenvalue weighted by Crippen LogP contribution is -2.40. The zero-order valence-electron chi connectivity index (χ0n) is 15.8. The van der Waals surface area contributed by atoms with Crippen molar-refractivity contribution in [1.29, 1.82) is 0 Å². The Morgan fingerprint density at radius 1 is 0.962 bits per heavy atom. The van der Waals surface area contributed by atoms with Crippen LogP contribution in [0.15, 0.2) is 24.3 Å². The molecule has 0 aromatic heterocycles. The van der Waals surface area contributed by atoms with Crippen molar-refractivity contribution in [2.75, 3.05) is 0 Å². The third-order valence-corrected chi connectivity index (χ3v) is 5.18. The molecule has 1 aromatic rings. The molecule has 5 heteroatoms. The Morgan fingerprint density at radius 2 is 1.42 bits per heavy atom. The molecule has 5 nitrogen and oxygen atoms in total. The highest BCUT2D eigenvalue weighted by atomic mass is 16.5. The van der Waals surface area contributed by atoms with Gasteiger partial charge in [-0.1, -0.05) is 38.5 Å². The standard InChI is InChI=1S/C12H23N.C9H10O4/c1-3-7-11(8-4-1)13-12-9-5-2-6-10-12;1-6(9(11)12)13-8-4-2-7(10)3-5-8/h11-13H,1-10H2;2-6,10H,1H3,(H,11,12). The molecule has 1 unspecified atom stereocenters. The van der Waals surface area contributed by atoms with Gasteiger partial charge in [-0.25, -0.2) is 4.79 Å². The van der Waals surface area contributed by atoms with Crippen molar-refractivity contribution in [3.63, 3.8) is 0 Å². The number of hydrogen-bond donors (Lipinski definition) is 3. The maximum Gasteiger partial charge on any atom is 0.344 e. The average Bonchev–Trinajstić information content (AvgIpc) is 2.66. The highest BCUT2D eigenvalue weighted by Crippen LogP contribution is 2.22. The summed E-state index contributed by atoms with van der Waals surface area (Å²) in [6.07, 6.45) is 13.7. The Hall–Kier alpha value is -1.75. The minimum Gasteiger partial charge on any atom is -0.508 e. The number of rotatable bonds is 5. The van der Waals surface area contributed by atoms with E-state index in [1.807, 2.05) is 0 Å². The first-order chi connectivity index (χ1) is 12.5. The molecule has 1 aromatic carbocycles. The van der Waals surface area contributed by atoms with E-state index in [9.17, 15) is 4.79 Å². The number of aromatic hydroxyl groups is 1. The highest BCUT2D eigenvalue weighted by Gasteiger charge is 2.19. The van der Waals surface area contributed by atoms with Crippen LogP contribution in [-0.4, -0.2) is 34.4 Å². The van der Waals surface area contributed by atoms with Gasteiger partial charge in [-0.2, -0.15) is 0 Å². The normalized spacial score (nSPS) is 19.9. The average molecular weight is 363 g/mol. The molecule has 2 fully saturated rings. The fourth-order valence-electron chi connectivity index (χ4n) is 3.65. The lowest BCUT2D eigenvalue weighted by atomic mass is 9.91. The van der Waals surface area contributed by atoms with Crippen molar-refractivity contribution in [1.82, 2.24) is 5.32 Å². The van der Waals surface area contributed by atoms with Crippen LogP contribution in [0.25, 0.3) is 0 Å². The van der Waals surface area contributed by atoms with E-state index >= 15 is 0 Å². The smallest absolute Gasteiger partial charge is 0.344 e. The molecule has 0 aliphatic heterocycles. The third-order valence-electron chi connectivity index (χ3n) is 5.18. The van der Waals surface area contributed by atoms with Crippen LogP contribution >= 0.6 is 0 Å². The summed E-state index contributed by atoms with van der Waals surface area (Å²) in [5, 5.41) is 21.3. The van der Waals surface area contributed by atoms with Crippen molar-refractivity contribution in [2.24, 2.45) is 0 Å². The van der Waals surface area contributed by atoms with Crippen LogP contribution in [-0.2, 0) is 4.79 Å². The fraction of sp³-hybridized carbons (Fsp3) is 0.667. The minimum absolute atomic E-state index is 0.121. The first-order valence-corrected chi connectivity index (χ1v) is 9.99. The van der Waals surface area contributed by atoms with Crippen LogP contribution in [0.3, 0.4) is 0 Å². The van der Waals surface area contributed by atoms with Crippen LogP contribution in [0.1, 0.15) is 71.1 Å². The predicted molar refractivity (Wildman–Crippen MR) is 103 cm³/mol. The van der Waals surface area contributed by atoms with E-state index in [0.29, 0.717) is 5.75 Å². The second-order valence-corrected chi connectivity index (χ2v) is 7.43. The van der Waals surface area contributed by atoms with Crippen molar-refractivity contribution in [3.8, 4) is 11.5 Å². The molecule has 0 bridgehead atoms. The van der Waals surface area contributed by atoms with Gasteiger partial charge in [0, 0.05) is 12.1 Å². The predicted octanol–water partition coefficient (Wildman–Crippen LogP) is 4.49. The molecule has 2 aliphatic carbocycles. The lowest BCUT2D eigenvalue weighted by Gasteiger charge is -2.30. The minimum atomic E-state index is -1.02. The van der Waals surface area contributed by atoms with Crippen LogP contribution in [0.5, 0.6) is 11.5 Å². The molecule has 3 rings (SSSR count). The van der Waals surface area contributed by atoms with Crippen LogP contribution < -0.4 is 10.1 Å². The zero-order valence-corrected chi connectivity index (χ0v) is 15.8. The lowest BCUT2D eigenvalue weighted by molar-refractivity contribution is -0.144. The number of carbonyl (C=O) groups is 1. The van der Waals surface area contributed by atoms with Crippen molar-refractivity contribution < 1.29 is 19.7 Å². The van der Waals surface area contributed by atoms with E-state index in [0.717, 1.165) is 12.1 Å². The summed E-state index contributed by atoms with van der Waals surface area (Å²) < 4.78 is 5.02. The van der Waals surface area contributed by atoms with Gasteiger partial charge in [-0.3, -0.25) is 0 Å². The van der Waals surface area contributed by atoms with E-state index in [1.165, 1.54) is 95.4 Å². The molecule has 2 saturated carbocycles. The largest absolute Gasteiger partial charge is 0.508 e. The Bertz CT molecular complexity index is 503. The van der Waals surface area contributed by atoms with E-state index in [1.54, 1.807) is 0 Å². The van der Waals surface area contributed by atoms with E-state index in [-0.39, 0.29) is 5.75 Å². The maximum absolute atomic E-state index is 10.4. The van der Waals surface area contributed by atoms with Crippen LogP contribution in [0, 0.1) is 0 Å². The van der Waals surface area contributed by atoms with Crippen molar-refractivity contribution in [3.05, 3.63) is 24.3 Å². The number of phenols is 1. The van der Waals surface area contributed by atoms with E-state index < -0.39 is 12.1 Å². The van der Waals surface area contributed by atoms with Gasteiger partial charge in [0.1, 0.15) is 11.5 Å². The number of nitrogens with one attached hydrogen (secondary N) is 1. The van der Waals surface area contributed by atoms with Gasteiger partial charge in [0.2, 0.25) is 0 Å². The molecule has 2 aliphatic rings. The Kier molecular flexibility index (Phi) is 8.75. The molecule has 1 atom stereocenters. The molecular weight excluding hydrogens is 330 g/mol. The fourth-order valence-corrected chi connectivity index (χ4v) is 3.65. The molecule has 0 radical (unpaired) electrons. The number of carboxylic acids is 1. The molecular formula is C21H33NO4. The number of phenolic OH excluding ortho intramolecular Hbond substituents is 1. The van der Waals surface area contributed by atoms with Gasteiger partial charge >= 0.3 is 5.97 Å². The van der Waals surface area contributed by atoms with Gasteiger partial charge in [-0.15, -0.1) is 0 Å². The van der Waals surface area contributed by atoms with Gasteiger partial charge < -0.3 is 20.3 Å². The first kappa shape index (κ1) is 20.6. The number of benzene rings is 1. The number of hydrogen-bond acceptors (Lipinski definition) is 4. The molecule has 3 N–H and O–H groups in total. The third kappa shape index (κ3) is 7.65. The molecule has 0 spiro atoms. The Labute approximate surface area is 156 Å². The summed E-state index contributed by atoms with van der Waals surface area (Å²) in [5.74, 6) is -0.476. The molecule has 0 heterocycles. The summed E-state index contributed by atoms with van der Waals surface area (Å²) in [6.45, 7) is 1.44. The van der Waals surface area contributed by atoms with E-state index in [2.05, 4.69) is 5.32 Å². The summed E-state index contributed by atoms with van der Waals surface area (Å²) in [5.41, 5.74) is 0. The number of carboxylic acid groups (broad SMARTS) is 1.